The largest absolute Gasteiger partial charge is 0.379 e. The Morgan fingerprint density at radius 1 is 1.44 bits per heavy atom. The Kier molecular flexibility index (Phi) is 4.27. The van der Waals surface area contributed by atoms with Gasteiger partial charge in [0.1, 0.15) is 5.41 Å². The fourth-order valence-electron chi connectivity index (χ4n) is 1.75. The van der Waals surface area contributed by atoms with Gasteiger partial charge in [0.25, 0.3) is 0 Å². The highest BCUT2D eigenvalue weighted by atomic mass is 32.2. The molecule has 3 N–H and O–H groups in total. The number of anilines is 1. The average Bonchev–Trinajstić information content (AvgIpc) is 2.31. The van der Waals surface area contributed by atoms with Crippen molar-refractivity contribution < 1.29 is 9.53 Å². The number of amides is 1. The van der Waals surface area contributed by atoms with Crippen LogP contribution in [0.25, 0.3) is 0 Å². The minimum atomic E-state index is -0.531. The molecule has 0 atom stereocenters. The fraction of sp³-hybridized carbons (Fsp3) is 0.462. The van der Waals surface area contributed by atoms with Crippen molar-refractivity contribution in [3.8, 4) is 0 Å². The molecule has 1 aliphatic rings. The lowest BCUT2D eigenvalue weighted by atomic mass is 9.85. The Hall–Kier alpha value is -1.04. The van der Waals surface area contributed by atoms with E-state index >= 15 is 0 Å². The van der Waals surface area contributed by atoms with Crippen LogP contribution < -0.4 is 11.1 Å². The highest BCUT2D eigenvalue weighted by Gasteiger charge is 2.44. The van der Waals surface area contributed by atoms with Crippen LogP contribution in [-0.2, 0) is 9.53 Å². The molecule has 0 aromatic heterocycles. The number of thioether (sulfide) groups is 1. The molecule has 0 aliphatic carbocycles. The molecule has 0 spiro atoms. The second-order valence-electron chi connectivity index (χ2n) is 4.39. The smallest absolute Gasteiger partial charge is 0.236 e. The van der Waals surface area contributed by atoms with Gasteiger partial charge in [0.15, 0.2) is 0 Å². The van der Waals surface area contributed by atoms with Crippen LogP contribution in [0.2, 0.25) is 0 Å². The zero-order valence-electron chi connectivity index (χ0n) is 10.4. The summed E-state index contributed by atoms with van der Waals surface area (Å²) in [6, 6.07) is 7.85. The lowest BCUT2D eigenvalue weighted by molar-refractivity contribution is -0.153. The predicted octanol–water partition coefficient (Wildman–Crippen LogP) is 1.71. The maximum absolute atomic E-state index is 12.1. The van der Waals surface area contributed by atoms with Gasteiger partial charge in [0.05, 0.1) is 13.2 Å². The van der Waals surface area contributed by atoms with Crippen molar-refractivity contribution in [1.82, 2.24) is 0 Å². The van der Waals surface area contributed by atoms with Gasteiger partial charge in [-0.1, -0.05) is 6.92 Å². The van der Waals surface area contributed by atoms with E-state index < -0.39 is 5.41 Å². The number of hydrogen-bond donors (Lipinski definition) is 2. The van der Waals surface area contributed by atoms with Gasteiger partial charge in [-0.05, 0) is 30.0 Å². The molecular weight excluding hydrogens is 248 g/mol. The molecule has 98 valence electrons. The predicted molar refractivity (Wildman–Crippen MR) is 73.8 cm³/mol. The van der Waals surface area contributed by atoms with Crippen molar-refractivity contribution >= 4 is 23.4 Å². The van der Waals surface area contributed by atoms with E-state index in [9.17, 15) is 4.79 Å². The van der Waals surface area contributed by atoms with Gasteiger partial charge < -0.3 is 15.8 Å². The molecule has 1 aliphatic heterocycles. The van der Waals surface area contributed by atoms with E-state index in [4.69, 9.17) is 10.5 Å². The summed E-state index contributed by atoms with van der Waals surface area (Å²) in [5.41, 5.74) is 5.92. The standard InChI is InChI=1S/C13H18N2O2S/c1-2-18-11-5-3-10(4-6-11)15-12(16)13(7-14)8-17-9-13/h3-6H,2,7-9,14H2,1H3,(H,15,16). The molecule has 1 saturated heterocycles. The molecule has 1 heterocycles. The molecule has 1 fully saturated rings. The van der Waals surface area contributed by atoms with Crippen LogP contribution in [0.1, 0.15) is 6.92 Å². The van der Waals surface area contributed by atoms with Crippen molar-refractivity contribution in [3.63, 3.8) is 0 Å². The molecule has 1 amide bonds. The minimum absolute atomic E-state index is 0.0489. The van der Waals surface area contributed by atoms with Crippen LogP contribution in [0.3, 0.4) is 0 Å². The Morgan fingerprint density at radius 2 is 2.11 bits per heavy atom. The zero-order chi connectivity index (χ0) is 13.0. The topological polar surface area (TPSA) is 64.4 Å². The Bertz CT molecular complexity index is 410. The summed E-state index contributed by atoms with van der Waals surface area (Å²) in [5, 5.41) is 2.90. The normalized spacial score (nSPS) is 17.0. The van der Waals surface area contributed by atoms with E-state index in [0.29, 0.717) is 19.8 Å². The van der Waals surface area contributed by atoms with E-state index in [0.717, 1.165) is 11.4 Å². The number of benzene rings is 1. The molecule has 1 aromatic carbocycles. The van der Waals surface area contributed by atoms with Crippen LogP contribution in [0, 0.1) is 5.41 Å². The number of carbonyl (C=O) groups is 1. The molecule has 1 aromatic rings. The highest BCUT2D eigenvalue weighted by molar-refractivity contribution is 7.99. The lowest BCUT2D eigenvalue weighted by Gasteiger charge is -2.38. The summed E-state index contributed by atoms with van der Waals surface area (Å²) >= 11 is 1.78. The molecule has 0 unspecified atom stereocenters. The highest BCUT2D eigenvalue weighted by Crippen LogP contribution is 2.28. The van der Waals surface area contributed by atoms with Crippen molar-refractivity contribution in [3.05, 3.63) is 24.3 Å². The lowest BCUT2D eigenvalue weighted by Crippen LogP contribution is -2.56. The summed E-state index contributed by atoms with van der Waals surface area (Å²) in [5.74, 6) is 0.992. The number of rotatable bonds is 5. The quantitative estimate of drug-likeness (QED) is 0.796. The van der Waals surface area contributed by atoms with E-state index in [1.165, 1.54) is 4.90 Å². The summed E-state index contributed by atoms with van der Waals surface area (Å²) in [6.45, 7) is 3.27. The van der Waals surface area contributed by atoms with Crippen molar-refractivity contribution in [2.45, 2.75) is 11.8 Å². The first-order valence-corrected chi connectivity index (χ1v) is 7.01. The van der Waals surface area contributed by atoms with Gasteiger partial charge in [-0.3, -0.25) is 4.79 Å². The van der Waals surface area contributed by atoms with Gasteiger partial charge >= 0.3 is 0 Å². The summed E-state index contributed by atoms with van der Waals surface area (Å²) in [6.07, 6.45) is 0. The molecule has 5 heteroatoms. The van der Waals surface area contributed by atoms with Crippen molar-refractivity contribution in [2.75, 3.05) is 30.8 Å². The van der Waals surface area contributed by atoms with Crippen LogP contribution in [0.15, 0.2) is 29.2 Å². The number of carbonyl (C=O) groups excluding carboxylic acids is 1. The monoisotopic (exact) mass is 266 g/mol. The third-order valence-corrected chi connectivity index (χ3v) is 3.95. The van der Waals surface area contributed by atoms with Gasteiger partial charge in [-0.15, -0.1) is 11.8 Å². The Labute approximate surface area is 111 Å². The molecule has 2 rings (SSSR count). The second-order valence-corrected chi connectivity index (χ2v) is 5.73. The van der Waals surface area contributed by atoms with Crippen molar-refractivity contribution in [2.24, 2.45) is 11.1 Å². The Morgan fingerprint density at radius 3 is 2.56 bits per heavy atom. The minimum Gasteiger partial charge on any atom is -0.379 e. The fourth-order valence-corrected chi connectivity index (χ4v) is 2.42. The summed E-state index contributed by atoms with van der Waals surface area (Å²) in [4.78, 5) is 13.3. The molecule has 4 nitrogen and oxygen atoms in total. The number of hydrogen-bond acceptors (Lipinski definition) is 4. The SMILES string of the molecule is CCSc1ccc(NC(=O)C2(CN)COC2)cc1. The van der Waals surface area contributed by atoms with E-state index in [1.54, 1.807) is 11.8 Å². The first kappa shape index (κ1) is 13.4. The maximum atomic E-state index is 12.1. The zero-order valence-corrected chi connectivity index (χ0v) is 11.3. The van der Waals surface area contributed by atoms with Crippen LogP contribution >= 0.6 is 11.8 Å². The maximum Gasteiger partial charge on any atom is 0.236 e. The number of nitrogens with one attached hydrogen (secondary N) is 1. The molecular formula is C13H18N2O2S. The van der Waals surface area contributed by atoms with Crippen LogP contribution in [0.4, 0.5) is 5.69 Å². The third-order valence-electron chi connectivity index (χ3n) is 3.05. The first-order valence-electron chi connectivity index (χ1n) is 6.02. The van der Waals surface area contributed by atoms with Crippen LogP contribution in [-0.4, -0.2) is 31.4 Å². The molecule has 18 heavy (non-hydrogen) atoms. The third kappa shape index (κ3) is 2.68. The van der Waals surface area contributed by atoms with Crippen LogP contribution in [0.5, 0.6) is 0 Å². The summed E-state index contributed by atoms with van der Waals surface area (Å²) in [7, 11) is 0. The molecule has 0 saturated carbocycles. The number of ether oxygens (including phenoxy) is 1. The summed E-state index contributed by atoms with van der Waals surface area (Å²) < 4.78 is 5.09. The number of nitrogens with two attached hydrogens (primary N) is 1. The molecule has 0 bridgehead atoms. The average molecular weight is 266 g/mol. The Balaban J connectivity index is 1.98. The van der Waals surface area contributed by atoms with E-state index in [2.05, 4.69) is 12.2 Å². The van der Waals surface area contributed by atoms with Crippen molar-refractivity contribution in [1.29, 1.82) is 0 Å². The van der Waals surface area contributed by atoms with Gasteiger partial charge in [0.2, 0.25) is 5.91 Å². The van der Waals surface area contributed by atoms with Gasteiger partial charge in [-0.25, -0.2) is 0 Å². The van der Waals surface area contributed by atoms with E-state index in [-0.39, 0.29) is 5.91 Å². The second kappa shape index (κ2) is 5.73. The first-order chi connectivity index (χ1) is 8.70. The van der Waals surface area contributed by atoms with Gasteiger partial charge in [0, 0.05) is 17.1 Å². The van der Waals surface area contributed by atoms with E-state index in [1.807, 2.05) is 24.3 Å². The molecule has 0 radical (unpaired) electrons. The van der Waals surface area contributed by atoms with Gasteiger partial charge in [-0.2, -0.15) is 0 Å².